The largest absolute Gasteiger partial charge is 0.489 e. The fourth-order valence-corrected chi connectivity index (χ4v) is 3.46. The molecule has 2 aromatic carbocycles. The molecule has 0 bridgehead atoms. The van der Waals surface area contributed by atoms with Crippen LogP contribution in [-0.4, -0.2) is 38.3 Å². The maximum absolute atomic E-state index is 13.3. The molecule has 1 heterocycles. The van der Waals surface area contributed by atoms with E-state index in [-0.39, 0.29) is 24.4 Å². The summed E-state index contributed by atoms with van der Waals surface area (Å²) in [5.41, 5.74) is -0.869. The van der Waals surface area contributed by atoms with Gasteiger partial charge in [-0.15, -0.1) is 0 Å². The van der Waals surface area contributed by atoms with Crippen LogP contribution in [0.25, 0.3) is 0 Å². The second kappa shape index (κ2) is 10.5. The van der Waals surface area contributed by atoms with E-state index in [9.17, 15) is 24.8 Å². The number of hydrogen-bond donors (Lipinski definition) is 2. The zero-order valence-electron chi connectivity index (χ0n) is 20.6. The highest BCUT2D eigenvalue weighted by molar-refractivity contribution is 5.90. The van der Waals surface area contributed by atoms with Crippen molar-refractivity contribution in [3.63, 3.8) is 0 Å². The highest BCUT2D eigenvalue weighted by Gasteiger charge is 2.38. The number of dihydropyridines is 1. The number of carboxylic acid groups (broad SMARTS) is 1. The lowest BCUT2D eigenvalue weighted by molar-refractivity contribution is -0.385. The van der Waals surface area contributed by atoms with Crippen molar-refractivity contribution in [3.05, 3.63) is 93.7 Å². The van der Waals surface area contributed by atoms with Crippen LogP contribution in [0.5, 0.6) is 5.75 Å². The van der Waals surface area contributed by atoms with Gasteiger partial charge in [0.25, 0.3) is 5.69 Å². The Labute approximate surface area is 209 Å². The highest BCUT2D eigenvalue weighted by atomic mass is 16.6. The average molecular weight is 496 g/mol. The first-order valence-electron chi connectivity index (χ1n) is 11.2. The number of rotatable bonds is 8. The number of aliphatic carboxylic acids is 1. The number of ether oxygens (including phenoxy) is 2. The van der Waals surface area contributed by atoms with E-state index in [0.29, 0.717) is 11.3 Å². The number of carbonyl (C=O) groups is 2. The molecule has 3 rings (SSSR count). The molecule has 1 aliphatic rings. The number of hydrogen-bond acceptors (Lipinski definition) is 7. The van der Waals surface area contributed by atoms with Gasteiger partial charge in [-0.2, -0.15) is 0 Å². The maximum atomic E-state index is 13.3. The summed E-state index contributed by atoms with van der Waals surface area (Å²) in [6.07, 6.45) is 3.51. The molecule has 0 aliphatic carbocycles. The zero-order chi connectivity index (χ0) is 26.5. The third kappa shape index (κ3) is 6.62. The predicted octanol–water partition coefficient (Wildman–Crippen LogP) is 4.76. The summed E-state index contributed by atoms with van der Waals surface area (Å²) < 4.78 is 11.6. The monoisotopic (exact) mass is 495 g/mol. The number of carboxylic acids is 1. The van der Waals surface area contributed by atoms with Crippen LogP contribution < -0.4 is 10.1 Å². The SMILES string of the molecule is CC(C)(C)OC(=O)N(Cc1cc([N+](=O)[O-])ccc1OCc1ccccc1)C1(C)C=CC(C(=O)O)=CN1. The van der Waals surface area contributed by atoms with Gasteiger partial charge in [-0.05, 0) is 51.5 Å². The van der Waals surface area contributed by atoms with Crippen molar-refractivity contribution >= 4 is 17.7 Å². The number of benzene rings is 2. The van der Waals surface area contributed by atoms with E-state index in [0.717, 1.165) is 5.56 Å². The normalized spacial score (nSPS) is 16.9. The molecule has 2 aromatic rings. The van der Waals surface area contributed by atoms with E-state index in [1.165, 1.54) is 41.5 Å². The number of nitrogens with zero attached hydrogens (tertiary/aromatic N) is 2. The summed E-state index contributed by atoms with van der Waals surface area (Å²) in [4.78, 5) is 36.9. The molecule has 0 aromatic heterocycles. The van der Waals surface area contributed by atoms with Gasteiger partial charge >= 0.3 is 12.1 Å². The first-order valence-corrected chi connectivity index (χ1v) is 11.2. The lowest BCUT2D eigenvalue weighted by atomic mass is 10.0. The molecule has 1 unspecified atom stereocenters. The summed E-state index contributed by atoms with van der Waals surface area (Å²) in [5, 5.41) is 23.7. The minimum atomic E-state index is -1.19. The van der Waals surface area contributed by atoms with Crippen LogP contribution in [0, 0.1) is 10.1 Å². The number of carbonyl (C=O) groups excluding carboxylic acids is 1. The van der Waals surface area contributed by atoms with Gasteiger partial charge < -0.3 is 19.9 Å². The third-order valence-corrected chi connectivity index (χ3v) is 5.35. The highest BCUT2D eigenvalue weighted by Crippen LogP contribution is 2.31. The molecule has 1 aliphatic heterocycles. The van der Waals surface area contributed by atoms with Crippen molar-refractivity contribution in [3.8, 4) is 5.75 Å². The van der Waals surface area contributed by atoms with Crippen LogP contribution in [0.3, 0.4) is 0 Å². The van der Waals surface area contributed by atoms with Crippen molar-refractivity contribution in [2.75, 3.05) is 0 Å². The molecule has 0 spiro atoms. The van der Waals surface area contributed by atoms with Crippen molar-refractivity contribution < 1.29 is 29.1 Å². The van der Waals surface area contributed by atoms with E-state index >= 15 is 0 Å². The van der Waals surface area contributed by atoms with Crippen LogP contribution in [0.15, 0.2) is 72.5 Å². The van der Waals surface area contributed by atoms with Gasteiger partial charge in [0.15, 0.2) is 0 Å². The number of nitro benzene ring substituents is 1. The summed E-state index contributed by atoms with van der Waals surface area (Å²) in [7, 11) is 0. The van der Waals surface area contributed by atoms with Gasteiger partial charge in [-0.1, -0.05) is 30.3 Å². The predicted molar refractivity (Wildman–Crippen MR) is 132 cm³/mol. The van der Waals surface area contributed by atoms with Crippen LogP contribution in [-0.2, 0) is 22.7 Å². The summed E-state index contributed by atoms with van der Waals surface area (Å²) >= 11 is 0. The molecule has 36 heavy (non-hydrogen) atoms. The van der Waals surface area contributed by atoms with E-state index in [4.69, 9.17) is 9.47 Å². The Morgan fingerprint density at radius 3 is 2.42 bits per heavy atom. The second-order valence-electron chi connectivity index (χ2n) is 9.42. The quantitative estimate of drug-likeness (QED) is 0.396. The summed E-state index contributed by atoms with van der Waals surface area (Å²) in [6, 6.07) is 13.6. The van der Waals surface area contributed by atoms with Crippen molar-refractivity contribution in [1.29, 1.82) is 0 Å². The Morgan fingerprint density at radius 1 is 1.17 bits per heavy atom. The lowest BCUT2D eigenvalue weighted by Crippen LogP contribution is -2.57. The minimum Gasteiger partial charge on any atom is -0.489 e. The topological polar surface area (TPSA) is 131 Å². The first kappa shape index (κ1) is 26.3. The molecule has 1 amide bonds. The lowest BCUT2D eigenvalue weighted by Gasteiger charge is -2.41. The van der Waals surface area contributed by atoms with Gasteiger partial charge in [0.05, 0.1) is 17.0 Å². The van der Waals surface area contributed by atoms with Gasteiger partial charge in [0.2, 0.25) is 0 Å². The Kier molecular flexibility index (Phi) is 7.67. The van der Waals surface area contributed by atoms with Gasteiger partial charge in [-0.25, -0.2) is 9.59 Å². The average Bonchev–Trinajstić information content (AvgIpc) is 2.81. The van der Waals surface area contributed by atoms with Crippen molar-refractivity contribution in [2.45, 2.75) is 52.1 Å². The Balaban J connectivity index is 1.98. The van der Waals surface area contributed by atoms with Crippen molar-refractivity contribution in [2.24, 2.45) is 0 Å². The van der Waals surface area contributed by atoms with Crippen LogP contribution in [0.1, 0.15) is 38.8 Å². The number of amides is 1. The Morgan fingerprint density at radius 2 is 1.86 bits per heavy atom. The van der Waals surface area contributed by atoms with E-state index in [2.05, 4.69) is 5.32 Å². The van der Waals surface area contributed by atoms with Gasteiger partial charge in [0, 0.05) is 23.9 Å². The Hall–Kier alpha value is -4.34. The number of nitrogens with one attached hydrogen (secondary N) is 1. The number of non-ortho nitro benzene ring substituents is 1. The van der Waals surface area contributed by atoms with E-state index in [1.807, 2.05) is 30.3 Å². The molecule has 1 atom stereocenters. The Bertz CT molecular complexity index is 1200. The van der Waals surface area contributed by atoms with Gasteiger partial charge in [0.1, 0.15) is 23.6 Å². The standard InChI is InChI=1S/C26H29N3O7/c1-25(2,3)36-24(32)28(26(4)13-12-19(15-27-26)23(30)31)16-20-14-21(29(33)34)10-11-22(20)35-17-18-8-6-5-7-9-18/h5-15,27H,16-17H2,1-4H3,(H,30,31). The molecule has 0 fully saturated rings. The van der Waals surface area contributed by atoms with Crippen molar-refractivity contribution in [1.82, 2.24) is 10.2 Å². The smallest absolute Gasteiger partial charge is 0.412 e. The van der Waals surface area contributed by atoms with Crippen LogP contribution in [0.2, 0.25) is 0 Å². The van der Waals surface area contributed by atoms with E-state index < -0.39 is 28.2 Å². The molecular formula is C26H29N3O7. The number of nitro groups is 1. The zero-order valence-corrected chi connectivity index (χ0v) is 20.6. The van der Waals surface area contributed by atoms with Crippen LogP contribution >= 0.6 is 0 Å². The van der Waals surface area contributed by atoms with Gasteiger partial charge in [-0.3, -0.25) is 15.0 Å². The molecule has 190 valence electrons. The molecule has 2 N–H and O–H groups in total. The second-order valence-corrected chi connectivity index (χ2v) is 9.42. The minimum absolute atomic E-state index is 0.0128. The van der Waals surface area contributed by atoms with E-state index in [1.54, 1.807) is 27.7 Å². The molecular weight excluding hydrogens is 466 g/mol. The summed E-state index contributed by atoms with van der Waals surface area (Å²) in [5.74, 6) is -0.761. The maximum Gasteiger partial charge on any atom is 0.412 e. The summed E-state index contributed by atoms with van der Waals surface area (Å²) in [6.45, 7) is 6.94. The van der Waals surface area contributed by atoms with Crippen LogP contribution in [0.4, 0.5) is 10.5 Å². The molecule has 0 saturated heterocycles. The third-order valence-electron chi connectivity index (χ3n) is 5.35. The fraction of sp³-hybridized carbons (Fsp3) is 0.308. The molecule has 0 saturated carbocycles. The molecule has 0 radical (unpaired) electrons. The first-order chi connectivity index (χ1) is 16.9. The molecule has 10 heteroatoms. The fourth-order valence-electron chi connectivity index (χ4n) is 3.46. The molecule has 10 nitrogen and oxygen atoms in total.